The highest BCUT2D eigenvalue weighted by atomic mass is 35.5. The summed E-state index contributed by atoms with van der Waals surface area (Å²) in [4.78, 5) is 20.7. The third-order valence-corrected chi connectivity index (χ3v) is 9.18. The molecule has 1 aliphatic heterocycles. The highest BCUT2D eigenvalue weighted by Gasteiger charge is 2.21. The van der Waals surface area contributed by atoms with Crippen molar-refractivity contribution >= 4 is 35.2 Å². The summed E-state index contributed by atoms with van der Waals surface area (Å²) in [7, 11) is 0. The lowest BCUT2D eigenvalue weighted by Gasteiger charge is -2.37. The largest absolute Gasteiger partial charge is 0.493 e. The smallest absolute Gasteiger partial charge is 0.219 e. The number of piperazine rings is 1. The maximum absolute atomic E-state index is 11.7. The Morgan fingerprint density at radius 2 is 1.60 bits per heavy atom. The van der Waals surface area contributed by atoms with Gasteiger partial charge in [0, 0.05) is 67.6 Å². The Labute approximate surface area is 303 Å². The molecule has 1 aromatic heterocycles. The average Bonchev–Trinajstić information content (AvgIpc) is 3.13. The second kappa shape index (κ2) is 17.2. The molecular weight excluding hydrogens is 669 g/mol. The van der Waals surface area contributed by atoms with Gasteiger partial charge in [-0.25, -0.2) is 4.98 Å². The molecule has 0 N–H and O–H groups in total. The van der Waals surface area contributed by atoms with Gasteiger partial charge in [0.05, 0.1) is 17.8 Å². The standard InChI is InChI=1S/C41H39Cl2N3O4/c1-30-5-4-7-35(25-30)48-24-18-31-9-11-32(12-10-31)28-45-19-21-46(22-20-45)39(17-23-47)33-13-15-40(38(43)26-33)50-41-16-14-36(27-44-41)49-29-34-6-2-3-8-37(34)42/h2-17,23,25-27H,18-22,24,28-29H2,1H3/b39-17+. The Balaban J connectivity index is 0.983. The molecule has 50 heavy (non-hydrogen) atoms. The number of aldehydes is 1. The second-order valence-electron chi connectivity index (χ2n) is 12.1. The molecule has 1 fully saturated rings. The minimum absolute atomic E-state index is 0.334. The quantitative estimate of drug-likeness (QED) is 0.0843. The molecule has 1 aliphatic rings. The topological polar surface area (TPSA) is 64.1 Å². The number of benzene rings is 4. The summed E-state index contributed by atoms with van der Waals surface area (Å²) in [6.07, 6.45) is 4.89. The molecule has 9 heteroatoms. The number of aryl methyl sites for hydroxylation is 1. The molecule has 2 heterocycles. The van der Waals surface area contributed by atoms with Gasteiger partial charge in [0.1, 0.15) is 30.1 Å². The van der Waals surface area contributed by atoms with Crippen molar-refractivity contribution in [1.82, 2.24) is 14.8 Å². The Morgan fingerprint density at radius 3 is 2.32 bits per heavy atom. The van der Waals surface area contributed by atoms with Gasteiger partial charge in [0.15, 0.2) is 0 Å². The fraction of sp³-hybridized carbons (Fsp3) is 0.220. The van der Waals surface area contributed by atoms with Crippen LogP contribution in [0.2, 0.25) is 10.0 Å². The van der Waals surface area contributed by atoms with Crippen molar-refractivity contribution in [3.8, 4) is 23.1 Å². The van der Waals surface area contributed by atoms with Crippen LogP contribution in [0.15, 0.2) is 115 Å². The first kappa shape index (κ1) is 35.0. The Bertz CT molecular complexity index is 1910. The van der Waals surface area contributed by atoms with Crippen molar-refractivity contribution in [3.63, 3.8) is 0 Å². The maximum atomic E-state index is 11.7. The van der Waals surface area contributed by atoms with Gasteiger partial charge in [-0.05, 0) is 71.6 Å². The average molecular weight is 709 g/mol. The van der Waals surface area contributed by atoms with E-state index in [0.717, 1.165) is 68.0 Å². The molecule has 0 amide bonds. The number of nitrogens with zero attached hydrogens (tertiary/aromatic N) is 3. The van der Waals surface area contributed by atoms with E-state index in [1.807, 2.05) is 48.5 Å². The number of hydrogen-bond donors (Lipinski definition) is 0. The fourth-order valence-electron chi connectivity index (χ4n) is 5.80. The number of ether oxygens (including phenoxy) is 3. The number of carbonyl (C=O) groups is 1. The first-order valence-corrected chi connectivity index (χ1v) is 17.4. The van der Waals surface area contributed by atoms with Crippen LogP contribution in [0.4, 0.5) is 0 Å². The van der Waals surface area contributed by atoms with Gasteiger partial charge in [-0.1, -0.05) is 77.8 Å². The predicted molar refractivity (Wildman–Crippen MR) is 199 cm³/mol. The van der Waals surface area contributed by atoms with Crippen molar-refractivity contribution in [2.75, 3.05) is 32.8 Å². The molecule has 1 saturated heterocycles. The molecule has 0 bridgehead atoms. The van der Waals surface area contributed by atoms with Crippen LogP contribution >= 0.6 is 23.2 Å². The van der Waals surface area contributed by atoms with E-state index in [4.69, 9.17) is 37.4 Å². The van der Waals surface area contributed by atoms with Crippen LogP contribution in [0, 0.1) is 6.92 Å². The molecule has 0 spiro atoms. The van der Waals surface area contributed by atoms with E-state index >= 15 is 0 Å². The van der Waals surface area contributed by atoms with Crippen molar-refractivity contribution in [3.05, 3.63) is 153 Å². The van der Waals surface area contributed by atoms with Crippen LogP contribution in [-0.4, -0.2) is 53.9 Å². The summed E-state index contributed by atoms with van der Waals surface area (Å²) in [6, 6.07) is 33.5. The Morgan fingerprint density at radius 1 is 0.800 bits per heavy atom. The van der Waals surface area contributed by atoms with Crippen LogP contribution in [0.3, 0.4) is 0 Å². The summed E-state index contributed by atoms with van der Waals surface area (Å²) in [6.45, 7) is 7.26. The lowest BCUT2D eigenvalue weighted by atomic mass is 10.1. The van der Waals surface area contributed by atoms with Gasteiger partial charge in [-0.2, -0.15) is 0 Å². The SMILES string of the molecule is Cc1cccc(OCCc2ccc(CN3CCN(/C(=C/C=O)c4ccc(Oc5ccc(OCc6ccccc6Cl)cn5)c(Cl)c4)CC3)cc2)c1. The van der Waals surface area contributed by atoms with Crippen molar-refractivity contribution in [2.24, 2.45) is 0 Å². The van der Waals surface area contributed by atoms with Crippen LogP contribution in [0.25, 0.3) is 5.70 Å². The number of aromatic nitrogens is 1. The van der Waals surface area contributed by atoms with E-state index in [-0.39, 0.29) is 0 Å². The number of rotatable bonds is 14. The zero-order valence-corrected chi connectivity index (χ0v) is 29.4. The molecule has 7 nitrogen and oxygen atoms in total. The number of carbonyl (C=O) groups excluding carboxylic acids is 1. The van der Waals surface area contributed by atoms with Crippen LogP contribution in [-0.2, 0) is 24.4 Å². The fourth-order valence-corrected chi connectivity index (χ4v) is 6.21. The van der Waals surface area contributed by atoms with Crippen LogP contribution in [0.1, 0.15) is 27.8 Å². The number of halogens is 2. The molecule has 0 saturated carbocycles. The first-order chi connectivity index (χ1) is 24.4. The zero-order valence-electron chi connectivity index (χ0n) is 27.9. The molecule has 0 aliphatic carbocycles. The van der Waals surface area contributed by atoms with Gasteiger partial charge in [-0.15, -0.1) is 0 Å². The van der Waals surface area contributed by atoms with Crippen molar-refractivity contribution in [1.29, 1.82) is 0 Å². The van der Waals surface area contributed by atoms with E-state index in [0.29, 0.717) is 40.6 Å². The molecule has 0 atom stereocenters. The Kier molecular flexibility index (Phi) is 12.1. The maximum Gasteiger partial charge on any atom is 0.219 e. The van der Waals surface area contributed by atoms with Gasteiger partial charge in [-0.3, -0.25) is 9.69 Å². The summed E-state index contributed by atoms with van der Waals surface area (Å²) in [5, 5.41) is 1.07. The third-order valence-electron chi connectivity index (χ3n) is 8.52. The monoisotopic (exact) mass is 707 g/mol. The summed E-state index contributed by atoms with van der Waals surface area (Å²) >= 11 is 12.9. The zero-order chi connectivity index (χ0) is 34.7. The van der Waals surface area contributed by atoms with E-state index in [9.17, 15) is 4.79 Å². The van der Waals surface area contributed by atoms with Crippen molar-refractivity contribution < 1.29 is 19.0 Å². The summed E-state index contributed by atoms with van der Waals surface area (Å²) in [5.74, 6) is 2.35. The lowest BCUT2D eigenvalue weighted by Crippen LogP contribution is -2.44. The highest BCUT2D eigenvalue weighted by Crippen LogP contribution is 2.33. The summed E-state index contributed by atoms with van der Waals surface area (Å²) < 4.78 is 17.7. The van der Waals surface area contributed by atoms with E-state index < -0.39 is 0 Å². The predicted octanol–water partition coefficient (Wildman–Crippen LogP) is 9.05. The molecule has 4 aromatic carbocycles. The second-order valence-corrected chi connectivity index (χ2v) is 13.0. The van der Waals surface area contributed by atoms with Crippen molar-refractivity contribution in [2.45, 2.75) is 26.5 Å². The minimum atomic E-state index is 0.334. The Hall–Kier alpha value is -4.82. The van der Waals surface area contributed by atoms with E-state index in [2.05, 4.69) is 58.1 Å². The molecule has 0 radical (unpaired) electrons. The van der Waals surface area contributed by atoms with Gasteiger partial charge in [0.2, 0.25) is 5.88 Å². The normalized spacial score (nSPS) is 13.6. The third kappa shape index (κ3) is 9.66. The van der Waals surface area contributed by atoms with Crippen LogP contribution < -0.4 is 14.2 Å². The number of hydrogen-bond acceptors (Lipinski definition) is 7. The van der Waals surface area contributed by atoms with Gasteiger partial charge >= 0.3 is 0 Å². The minimum Gasteiger partial charge on any atom is -0.493 e. The van der Waals surface area contributed by atoms with E-state index in [1.54, 1.807) is 30.5 Å². The summed E-state index contributed by atoms with van der Waals surface area (Å²) in [5.41, 5.74) is 6.31. The first-order valence-electron chi connectivity index (χ1n) is 16.6. The molecular formula is C41H39Cl2N3O4. The molecule has 6 rings (SSSR count). The van der Waals surface area contributed by atoms with Gasteiger partial charge in [0.25, 0.3) is 0 Å². The molecule has 256 valence electrons. The number of allylic oxidation sites excluding steroid dienone is 1. The van der Waals surface area contributed by atoms with Crippen LogP contribution in [0.5, 0.6) is 23.1 Å². The van der Waals surface area contributed by atoms with E-state index in [1.165, 1.54) is 16.7 Å². The highest BCUT2D eigenvalue weighted by molar-refractivity contribution is 6.32. The number of pyridine rings is 1. The molecule has 5 aromatic rings. The van der Waals surface area contributed by atoms with Gasteiger partial charge < -0.3 is 19.1 Å². The lowest BCUT2D eigenvalue weighted by molar-refractivity contribution is -0.104. The molecule has 0 unspecified atom stereocenters.